The molecule has 0 aliphatic rings. The minimum absolute atomic E-state index is 0.148. The van der Waals surface area contributed by atoms with E-state index in [2.05, 4.69) is 25.6 Å². The molecule has 0 bridgehead atoms. The third-order valence-electron chi connectivity index (χ3n) is 2.69. The summed E-state index contributed by atoms with van der Waals surface area (Å²) >= 11 is 1.51. The van der Waals surface area contributed by atoms with Gasteiger partial charge in [-0.15, -0.1) is 11.3 Å². The number of aliphatic carboxylic acids is 1. The van der Waals surface area contributed by atoms with Gasteiger partial charge in [-0.2, -0.15) is 0 Å². The Morgan fingerprint density at radius 2 is 2.33 bits per heavy atom. The van der Waals surface area contributed by atoms with E-state index in [4.69, 9.17) is 5.11 Å². The van der Waals surface area contributed by atoms with Crippen molar-refractivity contribution in [2.45, 2.75) is 18.9 Å². The molecule has 0 saturated carbocycles. The van der Waals surface area contributed by atoms with Gasteiger partial charge in [0.2, 0.25) is 0 Å². The number of aromatic amines is 1. The van der Waals surface area contributed by atoms with Gasteiger partial charge in [-0.1, -0.05) is 0 Å². The Morgan fingerprint density at radius 3 is 2.95 bits per heavy atom. The molecule has 4 N–H and O–H groups in total. The minimum Gasteiger partial charge on any atom is -0.480 e. The molecule has 0 aliphatic heterocycles. The number of nitrogens with one attached hydrogen (secondary N) is 3. The molecule has 112 valence electrons. The van der Waals surface area contributed by atoms with E-state index >= 15 is 0 Å². The van der Waals surface area contributed by atoms with Crippen LogP contribution in [0.25, 0.3) is 0 Å². The molecule has 2 heterocycles. The molecule has 21 heavy (non-hydrogen) atoms. The monoisotopic (exact) mass is 309 g/mol. The van der Waals surface area contributed by atoms with Crippen LogP contribution in [0.4, 0.5) is 4.79 Å². The third kappa shape index (κ3) is 4.88. The van der Waals surface area contributed by atoms with E-state index in [0.717, 1.165) is 5.01 Å². The van der Waals surface area contributed by atoms with Crippen LogP contribution in [0.15, 0.2) is 24.1 Å². The smallest absolute Gasteiger partial charge is 0.326 e. The summed E-state index contributed by atoms with van der Waals surface area (Å²) in [4.78, 5) is 33.5. The van der Waals surface area contributed by atoms with Crippen LogP contribution in [-0.4, -0.2) is 44.6 Å². The fourth-order valence-electron chi connectivity index (χ4n) is 1.68. The van der Waals surface area contributed by atoms with Crippen molar-refractivity contribution in [2.75, 3.05) is 6.54 Å². The van der Waals surface area contributed by atoms with Gasteiger partial charge in [0.05, 0.1) is 11.3 Å². The summed E-state index contributed by atoms with van der Waals surface area (Å²) in [6.07, 6.45) is 5.45. The molecule has 0 fully saturated rings. The first-order valence-corrected chi connectivity index (χ1v) is 7.16. The van der Waals surface area contributed by atoms with Crippen LogP contribution in [0.5, 0.6) is 0 Å². The highest BCUT2D eigenvalue weighted by atomic mass is 32.1. The number of carbonyl (C=O) groups is 2. The SMILES string of the molecule is O=C(NCCc1nccs1)N[C@H](Cc1cnc[nH]1)C(=O)O. The molecule has 2 aromatic rings. The number of amides is 2. The fraction of sp³-hybridized carbons (Fsp3) is 0.333. The largest absolute Gasteiger partial charge is 0.480 e. The number of nitrogens with zero attached hydrogens (tertiary/aromatic N) is 2. The van der Waals surface area contributed by atoms with Crippen molar-refractivity contribution in [3.05, 3.63) is 34.8 Å². The predicted molar refractivity (Wildman–Crippen MR) is 76.1 cm³/mol. The highest BCUT2D eigenvalue weighted by molar-refractivity contribution is 7.09. The molecule has 9 heteroatoms. The average Bonchev–Trinajstić information content (AvgIpc) is 3.10. The number of thiazole rings is 1. The van der Waals surface area contributed by atoms with Crippen LogP contribution in [0.2, 0.25) is 0 Å². The fourth-order valence-corrected chi connectivity index (χ4v) is 2.31. The number of carboxylic acid groups (broad SMARTS) is 1. The molecule has 0 spiro atoms. The van der Waals surface area contributed by atoms with Gasteiger partial charge in [0.25, 0.3) is 0 Å². The highest BCUT2D eigenvalue weighted by Crippen LogP contribution is 2.03. The van der Waals surface area contributed by atoms with Crippen LogP contribution in [0, 0.1) is 0 Å². The van der Waals surface area contributed by atoms with Crippen molar-refractivity contribution in [1.82, 2.24) is 25.6 Å². The second kappa shape index (κ2) is 7.39. The number of urea groups is 1. The first-order chi connectivity index (χ1) is 10.1. The summed E-state index contributed by atoms with van der Waals surface area (Å²) in [5.41, 5.74) is 0.644. The van der Waals surface area contributed by atoms with E-state index in [1.165, 1.54) is 23.9 Å². The van der Waals surface area contributed by atoms with Gasteiger partial charge >= 0.3 is 12.0 Å². The van der Waals surface area contributed by atoms with Gasteiger partial charge in [0, 0.05) is 42.9 Å². The first kappa shape index (κ1) is 15.0. The van der Waals surface area contributed by atoms with Crippen LogP contribution >= 0.6 is 11.3 Å². The summed E-state index contributed by atoms with van der Waals surface area (Å²) in [7, 11) is 0. The van der Waals surface area contributed by atoms with Crippen molar-refractivity contribution < 1.29 is 14.7 Å². The molecule has 8 nitrogen and oxygen atoms in total. The number of aromatic nitrogens is 3. The van der Waals surface area contributed by atoms with E-state index in [-0.39, 0.29) is 6.42 Å². The Hall–Kier alpha value is -2.42. The van der Waals surface area contributed by atoms with Crippen molar-refractivity contribution in [1.29, 1.82) is 0 Å². The van der Waals surface area contributed by atoms with Gasteiger partial charge in [-0.3, -0.25) is 0 Å². The average molecular weight is 309 g/mol. The number of rotatable bonds is 7. The van der Waals surface area contributed by atoms with Gasteiger partial charge in [0.1, 0.15) is 6.04 Å². The molecule has 0 radical (unpaired) electrons. The normalized spacial score (nSPS) is 11.8. The van der Waals surface area contributed by atoms with Crippen LogP contribution in [-0.2, 0) is 17.6 Å². The van der Waals surface area contributed by atoms with E-state index in [1.807, 2.05) is 5.38 Å². The van der Waals surface area contributed by atoms with E-state index in [0.29, 0.717) is 18.7 Å². The quantitative estimate of drug-likeness (QED) is 0.590. The van der Waals surface area contributed by atoms with Crippen molar-refractivity contribution >= 4 is 23.3 Å². The molecule has 0 aromatic carbocycles. The van der Waals surface area contributed by atoms with E-state index < -0.39 is 18.0 Å². The summed E-state index contributed by atoms with van der Waals surface area (Å²) in [5, 5.41) is 16.9. The molecule has 1 atom stereocenters. The maximum absolute atomic E-state index is 11.7. The summed E-state index contributed by atoms with van der Waals surface area (Å²) < 4.78 is 0. The van der Waals surface area contributed by atoms with Crippen LogP contribution in [0.1, 0.15) is 10.7 Å². The number of H-pyrrole nitrogens is 1. The van der Waals surface area contributed by atoms with E-state index in [1.54, 1.807) is 6.20 Å². The predicted octanol–water partition coefficient (Wildman–Crippen LogP) is 0.404. The maximum atomic E-state index is 11.7. The molecular weight excluding hydrogens is 294 g/mol. The Balaban J connectivity index is 1.76. The van der Waals surface area contributed by atoms with Gasteiger partial charge in [-0.25, -0.2) is 19.6 Å². The molecule has 2 rings (SSSR count). The Kier molecular flexibility index (Phi) is 5.27. The summed E-state index contributed by atoms with van der Waals surface area (Å²) in [6.45, 7) is 0.399. The van der Waals surface area contributed by atoms with Gasteiger partial charge in [0.15, 0.2) is 0 Å². The standard InChI is InChI=1S/C12H15N5O3S/c18-11(19)9(5-8-6-13-7-16-8)17-12(20)15-2-1-10-14-3-4-21-10/h3-4,6-7,9H,1-2,5H2,(H,13,16)(H,18,19)(H2,15,17,20)/t9-/m1/s1. The first-order valence-electron chi connectivity index (χ1n) is 6.28. The number of hydrogen-bond acceptors (Lipinski definition) is 5. The summed E-state index contributed by atoms with van der Waals surface area (Å²) in [5.74, 6) is -1.10. The molecule has 2 amide bonds. The van der Waals surface area contributed by atoms with E-state index in [9.17, 15) is 9.59 Å². The van der Waals surface area contributed by atoms with Gasteiger partial charge in [-0.05, 0) is 0 Å². The van der Waals surface area contributed by atoms with Gasteiger partial charge < -0.3 is 20.7 Å². The number of carbonyl (C=O) groups excluding carboxylic acids is 1. The Labute approximate surface area is 124 Å². The zero-order valence-electron chi connectivity index (χ0n) is 11.1. The third-order valence-corrected chi connectivity index (χ3v) is 3.53. The molecule has 0 aliphatic carbocycles. The summed E-state index contributed by atoms with van der Waals surface area (Å²) in [6, 6.07) is -1.52. The van der Waals surface area contributed by atoms with Crippen LogP contribution < -0.4 is 10.6 Å². The maximum Gasteiger partial charge on any atom is 0.326 e. The van der Waals surface area contributed by atoms with Crippen LogP contribution in [0.3, 0.4) is 0 Å². The number of hydrogen-bond donors (Lipinski definition) is 4. The van der Waals surface area contributed by atoms with Crippen molar-refractivity contribution in [2.24, 2.45) is 0 Å². The topological polar surface area (TPSA) is 120 Å². The number of imidazole rings is 1. The lowest BCUT2D eigenvalue weighted by molar-refractivity contribution is -0.139. The Bertz CT molecular complexity index is 570. The zero-order valence-corrected chi connectivity index (χ0v) is 11.9. The lowest BCUT2D eigenvalue weighted by Crippen LogP contribution is -2.47. The second-order valence-corrected chi connectivity index (χ2v) is 5.23. The van der Waals surface area contributed by atoms with Crippen molar-refractivity contribution in [3.63, 3.8) is 0 Å². The molecule has 0 saturated heterocycles. The molecular formula is C12H15N5O3S. The zero-order chi connectivity index (χ0) is 15.1. The Morgan fingerprint density at radius 1 is 1.48 bits per heavy atom. The lowest BCUT2D eigenvalue weighted by Gasteiger charge is -2.14. The lowest BCUT2D eigenvalue weighted by atomic mass is 10.2. The molecule has 2 aromatic heterocycles. The molecule has 0 unspecified atom stereocenters. The number of carboxylic acids is 1. The second-order valence-electron chi connectivity index (χ2n) is 4.25. The minimum atomic E-state index is -1.10. The highest BCUT2D eigenvalue weighted by Gasteiger charge is 2.20. The van der Waals surface area contributed by atoms with Crippen molar-refractivity contribution in [3.8, 4) is 0 Å².